The van der Waals surface area contributed by atoms with Crippen molar-refractivity contribution >= 4 is 16.5 Å². The molecule has 0 spiro atoms. The van der Waals surface area contributed by atoms with Gasteiger partial charge in [0.25, 0.3) is 0 Å². The Morgan fingerprint density at radius 2 is 2.57 bits per heavy atom. The van der Waals surface area contributed by atoms with Crippen LogP contribution in [-0.4, -0.2) is 22.5 Å². The first kappa shape index (κ1) is 9.93. The number of aromatic nitrogens is 1. The molecule has 2 N–H and O–H groups in total. The van der Waals surface area contributed by atoms with E-state index in [1.54, 1.807) is 11.3 Å². The zero-order valence-corrected chi connectivity index (χ0v) is 9.39. The molecule has 1 aromatic rings. The van der Waals surface area contributed by atoms with Gasteiger partial charge in [0.15, 0.2) is 5.13 Å². The van der Waals surface area contributed by atoms with Crippen molar-refractivity contribution in [3.05, 3.63) is 11.1 Å². The molecule has 2 heterocycles. The summed E-state index contributed by atoms with van der Waals surface area (Å²) in [4.78, 5) is 7.92. The van der Waals surface area contributed by atoms with Crippen molar-refractivity contribution in [1.82, 2.24) is 9.88 Å². The van der Waals surface area contributed by atoms with Crippen LogP contribution in [0, 0.1) is 0 Å². The molecule has 1 aliphatic heterocycles. The number of rotatable bonds is 3. The fourth-order valence-electron chi connectivity index (χ4n) is 2.16. The van der Waals surface area contributed by atoms with E-state index in [4.69, 9.17) is 5.73 Å². The topological polar surface area (TPSA) is 42.2 Å². The Balaban J connectivity index is 1.96. The van der Waals surface area contributed by atoms with Gasteiger partial charge >= 0.3 is 0 Å². The molecule has 78 valence electrons. The number of thiazole rings is 1. The molecule has 0 radical (unpaired) electrons. The Hall–Kier alpha value is -0.610. The summed E-state index contributed by atoms with van der Waals surface area (Å²) >= 11 is 1.61. The van der Waals surface area contributed by atoms with Crippen LogP contribution in [0.5, 0.6) is 0 Å². The molecule has 0 saturated carbocycles. The Kier molecular flexibility index (Phi) is 3.03. The highest BCUT2D eigenvalue weighted by molar-refractivity contribution is 7.15. The van der Waals surface area contributed by atoms with Crippen LogP contribution < -0.4 is 5.73 Å². The molecule has 1 unspecified atom stereocenters. The molecule has 4 heteroatoms. The molecular formula is C10H17N3S. The monoisotopic (exact) mass is 211 g/mol. The third kappa shape index (κ3) is 2.07. The van der Waals surface area contributed by atoms with E-state index in [-0.39, 0.29) is 0 Å². The predicted molar refractivity (Wildman–Crippen MR) is 60.2 cm³/mol. The minimum atomic E-state index is 0.687. The fourth-order valence-corrected chi connectivity index (χ4v) is 2.87. The second-order valence-corrected chi connectivity index (χ2v) is 4.99. The van der Waals surface area contributed by atoms with Crippen LogP contribution in [0.3, 0.4) is 0 Å². The van der Waals surface area contributed by atoms with Crippen LogP contribution in [0.4, 0.5) is 5.13 Å². The lowest BCUT2D eigenvalue weighted by atomic mass is 10.2. The molecular weight excluding hydrogens is 194 g/mol. The van der Waals surface area contributed by atoms with Crippen molar-refractivity contribution in [1.29, 1.82) is 0 Å². The van der Waals surface area contributed by atoms with E-state index in [1.165, 1.54) is 30.7 Å². The average molecular weight is 211 g/mol. The van der Waals surface area contributed by atoms with Gasteiger partial charge in [-0.2, -0.15) is 0 Å². The number of anilines is 1. The van der Waals surface area contributed by atoms with E-state index in [2.05, 4.69) is 16.8 Å². The summed E-state index contributed by atoms with van der Waals surface area (Å²) in [6.07, 6.45) is 5.86. The average Bonchev–Trinajstić information content (AvgIpc) is 2.76. The van der Waals surface area contributed by atoms with Gasteiger partial charge in [-0.05, 0) is 25.8 Å². The van der Waals surface area contributed by atoms with Gasteiger partial charge in [0.05, 0.1) is 0 Å². The second kappa shape index (κ2) is 4.28. The zero-order valence-electron chi connectivity index (χ0n) is 8.57. The summed E-state index contributed by atoms with van der Waals surface area (Å²) in [7, 11) is 0. The summed E-state index contributed by atoms with van der Waals surface area (Å²) in [5.41, 5.74) is 5.61. The third-order valence-electron chi connectivity index (χ3n) is 2.90. The first-order valence-corrected chi connectivity index (χ1v) is 6.05. The number of hydrogen-bond acceptors (Lipinski definition) is 4. The van der Waals surface area contributed by atoms with Crippen molar-refractivity contribution in [2.45, 2.75) is 38.8 Å². The summed E-state index contributed by atoms with van der Waals surface area (Å²) < 4.78 is 0. The molecule has 3 nitrogen and oxygen atoms in total. The summed E-state index contributed by atoms with van der Waals surface area (Å²) in [5, 5.41) is 0.687. The summed E-state index contributed by atoms with van der Waals surface area (Å²) in [6.45, 7) is 4.54. The number of nitrogens with two attached hydrogens (primary N) is 1. The molecule has 1 atom stereocenters. The maximum absolute atomic E-state index is 5.61. The summed E-state index contributed by atoms with van der Waals surface area (Å²) in [5.74, 6) is 0. The van der Waals surface area contributed by atoms with Gasteiger partial charge in [0.2, 0.25) is 0 Å². The van der Waals surface area contributed by atoms with Gasteiger partial charge in [0, 0.05) is 23.7 Å². The van der Waals surface area contributed by atoms with E-state index in [0.29, 0.717) is 5.13 Å². The van der Waals surface area contributed by atoms with E-state index < -0.39 is 0 Å². The highest BCUT2D eigenvalue weighted by Gasteiger charge is 2.22. The molecule has 0 aromatic carbocycles. The zero-order chi connectivity index (χ0) is 9.97. The maximum atomic E-state index is 5.61. The number of nitrogen functional groups attached to an aromatic ring is 1. The highest BCUT2D eigenvalue weighted by Crippen LogP contribution is 2.24. The van der Waals surface area contributed by atoms with Crippen LogP contribution in [0.1, 0.15) is 31.1 Å². The van der Waals surface area contributed by atoms with Gasteiger partial charge in [0.1, 0.15) is 0 Å². The lowest BCUT2D eigenvalue weighted by Gasteiger charge is -2.21. The van der Waals surface area contributed by atoms with E-state index in [0.717, 1.165) is 12.6 Å². The Labute approximate surface area is 88.9 Å². The molecule has 0 aliphatic carbocycles. The molecule has 1 aromatic heterocycles. The molecule has 1 fully saturated rings. The van der Waals surface area contributed by atoms with Gasteiger partial charge in [-0.3, -0.25) is 4.90 Å². The molecule has 14 heavy (non-hydrogen) atoms. The largest absolute Gasteiger partial charge is 0.375 e. The van der Waals surface area contributed by atoms with Crippen LogP contribution in [0.25, 0.3) is 0 Å². The Morgan fingerprint density at radius 3 is 3.21 bits per heavy atom. The van der Waals surface area contributed by atoms with Crippen LogP contribution in [0.15, 0.2) is 6.20 Å². The van der Waals surface area contributed by atoms with Crippen molar-refractivity contribution in [3.8, 4) is 0 Å². The molecule has 2 rings (SSSR count). The number of likely N-dealkylation sites (tertiary alicyclic amines) is 1. The Morgan fingerprint density at radius 1 is 1.71 bits per heavy atom. The molecule has 0 bridgehead atoms. The van der Waals surface area contributed by atoms with Gasteiger partial charge < -0.3 is 5.73 Å². The molecule has 0 amide bonds. The van der Waals surface area contributed by atoms with E-state index in [1.807, 2.05) is 6.20 Å². The lowest BCUT2D eigenvalue weighted by molar-refractivity contribution is 0.242. The predicted octanol–water partition coefficient (Wildman–Crippen LogP) is 2.10. The fraction of sp³-hybridized carbons (Fsp3) is 0.700. The second-order valence-electron chi connectivity index (χ2n) is 3.84. The molecule has 1 saturated heterocycles. The van der Waals surface area contributed by atoms with E-state index in [9.17, 15) is 0 Å². The Bertz CT molecular complexity index is 297. The van der Waals surface area contributed by atoms with E-state index >= 15 is 0 Å². The minimum Gasteiger partial charge on any atom is -0.375 e. The molecule has 1 aliphatic rings. The number of nitrogens with zero attached hydrogens (tertiary/aromatic N) is 2. The smallest absolute Gasteiger partial charge is 0.180 e. The minimum absolute atomic E-state index is 0.687. The summed E-state index contributed by atoms with van der Waals surface area (Å²) in [6, 6.07) is 0.776. The van der Waals surface area contributed by atoms with Crippen LogP contribution >= 0.6 is 11.3 Å². The first-order chi connectivity index (χ1) is 6.79. The van der Waals surface area contributed by atoms with Gasteiger partial charge in [-0.25, -0.2) is 4.98 Å². The van der Waals surface area contributed by atoms with Crippen LogP contribution in [0.2, 0.25) is 0 Å². The normalized spacial score (nSPS) is 23.1. The van der Waals surface area contributed by atoms with Gasteiger partial charge in [-0.15, -0.1) is 11.3 Å². The maximum Gasteiger partial charge on any atom is 0.180 e. The third-order valence-corrected chi connectivity index (χ3v) is 3.71. The highest BCUT2D eigenvalue weighted by atomic mass is 32.1. The SMILES string of the molecule is CCC1CCCN1Cc1cnc(N)s1. The van der Waals surface area contributed by atoms with Crippen molar-refractivity contribution in [2.75, 3.05) is 12.3 Å². The standard InChI is InChI=1S/C10H17N3S/c1-2-8-4-3-5-13(8)7-9-6-12-10(11)14-9/h6,8H,2-5,7H2,1H3,(H2,11,12). The van der Waals surface area contributed by atoms with Crippen molar-refractivity contribution in [2.24, 2.45) is 0 Å². The number of hydrogen-bond donors (Lipinski definition) is 1. The van der Waals surface area contributed by atoms with Crippen molar-refractivity contribution in [3.63, 3.8) is 0 Å². The van der Waals surface area contributed by atoms with Gasteiger partial charge in [-0.1, -0.05) is 6.92 Å². The first-order valence-electron chi connectivity index (χ1n) is 5.24. The van der Waals surface area contributed by atoms with Crippen LogP contribution in [-0.2, 0) is 6.54 Å². The quantitative estimate of drug-likeness (QED) is 0.832. The lowest BCUT2D eigenvalue weighted by Crippen LogP contribution is -2.27. The van der Waals surface area contributed by atoms with Crippen molar-refractivity contribution < 1.29 is 0 Å².